The molecule has 0 spiro atoms. The molecule has 2 aromatic carbocycles. The molecule has 0 aliphatic heterocycles. The summed E-state index contributed by atoms with van der Waals surface area (Å²) < 4.78 is 1.06. The monoisotopic (exact) mass is 280 g/mol. The number of aromatic amines is 1. The van der Waals surface area contributed by atoms with E-state index in [4.69, 9.17) is 0 Å². The fourth-order valence-corrected chi connectivity index (χ4v) is 2.22. The Bertz CT molecular complexity index is 923. The highest BCUT2D eigenvalue weighted by molar-refractivity contribution is 5.95. The molecule has 104 valence electrons. The lowest BCUT2D eigenvalue weighted by molar-refractivity contribution is 0.0965. The van der Waals surface area contributed by atoms with Crippen LogP contribution in [0.4, 0.5) is 0 Å². The maximum atomic E-state index is 12.3. The van der Waals surface area contributed by atoms with Crippen molar-refractivity contribution in [1.82, 2.24) is 9.78 Å². The molecular formula is C16H12N2O3. The lowest BCUT2D eigenvalue weighted by atomic mass is 10.1. The van der Waals surface area contributed by atoms with Gasteiger partial charge in [-0.15, -0.1) is 0 Å². The van der Waals surface area contributed by atoms with Gasteiger partial charge in [-0.2, -0.15) is 0 Å². The smallest absolute Gasteiger partial charge is 0.273 e. The van der Waals surface area contributed by atoms with Gasteiger partial charge in [0.15, 0.2) is 5.78 Å². The summed E-state index contributed by atoms with van der Waals surface area (Å²) in [7, 11) is 0. The molecule has 0 fully saturated rings. The maximum absolute atomic E-state index is 12.3. The fourth-order valence-electron chi connectivity index (χ4n) is 2.22. The molecule has 1 N–H and O–H groups in total. The van der Waals surface area contributed by atoms with Gasteiger partial charge in [0.05, 0.1) is 10.8 Å². The maximum Gasteiger partial charge on any atom is 0.273 e. The number of carbonyl (C=O) groups excluding carboxylic acids is 1. The van der Waals surface area contributed by atoms with Crippen molar-refractivity contribution in [2.45, 2.75) is 6.54 Å². The van der Waals surface area contributed by atoms with Crippen molar-refractivity contribution in [3.05, 3.63) is 80.9 Å². The third kappa shape index (κ3) is 2.41. The lowest BCUT2D eigenvalue weighted by Gasteiger charge is -2.06. The second-order valence-electron chi connectivity index (χ2n) is 4.67. The summed E-state index contributed by atoms with van der Waals surface area (Å²) in [5.41, 5.74) is -0.265. The zero-order chi connectivity index (χ0) is 14.8. The van der Waals surface area contributed by atoms with Crippen molar-refractivity contribution < 1.29 is 4.79 Å². The number of rotatable bonds is 3. The van der Waals surface area contributed by atoms with Crippen molar-refractivity contribution in [3.63, 3.8) is 0 Å². The molecule has 0 aliphatic carbocycles. The van der Waals surface area contributed by atoms with Crippen molar-refractivity contribution in [1.29, 1.82) is 0 Å². The molecule has 0 atom stereocenters. The summed E-state index contributed by atoms with van der Waals surface area (Å²) in [6.45, 7) is -0.192. The number of H-pyrrole nitrogens is 1. The highest BCUT2D eigenvalue weighted by atomic mass is 16.2. The minimum atomic E-state index is -0.383. The molecule has 0 radical (unpaired) electrons. The molecule has 0 saturated carbocycles. The first kappa shape index (κ1) is 13.1. The van der Waals surface area contributed by atoms with Gasteiger partial charge in [-0.1, -0.05) is 42.5 Å². The first-order valence-corrected chi connectivity index (χ1v) is 6.47. The van der Waals surface area contributed by atoms with Gasteiger partial charge in [0.2, 0.25) is 0 Å². The first-order valence-electron chi connectivity index (χ1n) is 6.47. The van der Waals surface area contributed by atoms with Crippen molar-refractivity contribution in [2.75, 3.05) is 0 Å². The van der Waals surface area contributed by atoms with Crippen molar-refractivity contribution in [2.24, 2.45) is 0 Å². The molecule has 1 aromatic heterocycles. The van der Waals surface area contributed by atoms with Crippen LogP contribution in [0.2, 0.25) is 0 Å². The van der Waals surface area contributed by atoms with Crippen LogP contribution in [0.15, 0.2) is 64.2 Å². The van der Waals surface area contributed by atoms with E-state index in [1.165, 1.54) is 0 Å². The standard InChI is InChI=1S/C16H12N2O3/c19-14(11-6-2-1-3-7-11)10-18-16(21)13-9-5-4-8-12(13)15(20)17-18/h1-9H,10H2,(H,17,20). The summed E-state index contributed by atoms with van der Waals surface area (Å²) in [4.78, 5) is 36.4. The van der Waals surface area contributed by atoms with Gasteiger partial charge in [-0.05, 0) is 12.1 Å². The molecule has 3 rings (SSSR count). The number of nitrogens with zero attached hydrogens (tertiary/aromatic N) is 1. The SMILES string of the molecule is O=C(Cn1[nH]c(=O)c2ccccc2c1=O)c1ccccc1. The van der Waals surface area contributed by atoms with E-state index in [-0.39, 0.29) is 23.4 Å². The molecule has 0 amide bonds. The van der Waals surface area contributed by atoms with Crippen molar-refractivity contribution in [3.8, 4) is 0 Å². The molecule has 3 aromatic rings. The van der Waals surface area contributed by atoms with E-state index in [0.717, 1.165) is 4.68 Å². The molecule has 21 heavy (non-hydrogen) atoms. The molecular weight excluding hydrogens is 268 g/mol. The number of ketones is 1. The average Bonchev–Trinajstić information content (AvgIpc) is 2.53. The largest absolute Gasteiger partial charge is 0.292 e. The summed E-state index contributed by atoms with van der Waals surface area (Å²) in [6, 6.07) is 15.2. The summed E-state index contributed by atoms with van der Waals surface area (Å²) in [5, 5.41) is 3.08. The van der Waals surface area contributed by atoms with Gasteiger partial charge in [0.1, 0.15) is 6.54 Å². The predicted molar refractivity (Wildman–Crippen MR) is 79.6 cm³/mol. The number of Topliss-reactive ketones (excluding diaryl/α,β-unsaturated/α-hetero) is 1. The van der Waals surface area contributed by atoms with E-state index in [0.29, 0.717) is 16.3 Å². The second-order valence-corrected chi connectivity index (χ2v) is 4.67. The van der Waals surface area contributed by atoms with Gasteiger partial charge in [0.25, 0.3) is 11.1 Å². The van der Waals surface area contributed by atoms with Crippen LogP contribution in [0.3, 0.4) is 0 Å². The Morgan fingerprint density at radius 3 is 2.24 bits per heavy atom. The number of carbonyl (C=O) groups is 1. The number of benzene rings is 2. The number of fused-ring (bicyclic) bond motifs is 1. The summed E-state index contributed by atoms with van der Waals surface area (Å²) >= 11 is 0. The topological polar surface area (TPSA) is 71.9 Å². The third-order valence-corrected chi connectivity index (χ3v) is 3.28. The lowest BCUT2D eigenvalue weighted by Crippen LogP contribution is -2.32. The Balaban J connectivity index is 2.06. The minimum Gasteiger partial charge on any atom is -0.292 e. The van der Waals surface area contributed by atoms with E-state index < -0.39 is 0 Å². The quantitative estimate of drug-likeness (QED) is 0.740. The van der Waals surface area contributed by atoms with Gasteiger partial charge in [-0.3, -0.25) is 19.5 Å². The molecule has 0 unspecified atom stereocenters. The second kappa shape index (κ2) is 5.20. The predicted octanol–water partition coefficient (Wildman–Crippen LogP) is 1.57. The van der Waals surface area contributed by atoms with Crippen LogP contribution in [0.1, 0.15) is 10.4 Å². The van der Waals surface area contributed by atoms with Crippen molar-refractivity contribution >= 4 is 16.6 Å². The molecule has 5 heteroatoms. The zero-order valence-electron chi connectivity index (χ0n) is 11.1. The number of aromatic nitrogens is 2. The first-order chi connectivity index (χ1) is 10.2. The molecule has 1 heterocycles. The van der Waals surface area contributed by atoms with Gasteiger partial charge in [-0.25, -0.2) is 4.68 Å². The Labute approximate surface area is 119 Å². The Morgan fingerprint density at radius 1 is 0.905 bits per heavy atom. The van der Waals surface area contributed by atoms with E-state index in [9.17, 15) is 14.4 Å². The van der Waals surface area contributed by atoms with Crippen LogP contribution in [-0.2, 0) is 6.54 Å². The van der Waals surface area contributed by atoms with Crippen LogP contribution in [0.5, 0.6) is 0 Å². The fraction of sp³-hybridized carbons (Fsp3) is 0.0625. The van der Waals surface area contributed by atoms with Gasteiger partial charge >= 0.3 is 0 Å². The highest BCUT2D eigenvalue weighted by Crippen LogP contribution is 2.04. The summed E-state index contributed by atoms with van der Waals surface area (Å²) in [5.74, 6) is -0.233. The van der Waals surface area contributed by atoms with E-state index in [1.807, 2.05) is 0 Å². The number of nitrogens with one attached hydrogen (secondary N) is 1. The summed E-state index contributed by atoms with van der Waals surface area (Å²) in [6.07, 6.45) is 0. The molecule has 5 nitrogen and oxygen atoms in total. The molecule has 0 saturated heterocycles. The van der Waals surface area contributed by atoms with Crippen LogP contribution in [0.25, 0.3) is 10.8 Å². The highest BCUT2D eigenvalue weighted by Gasteiger charge is 2.11. The molecule has 0 bridgehead atoms. The van der Waals surface area contributed by atoms with Crippen LogP contribution >= 0.6 is 0 Å². The normalized spacial score (nSPS) is 10.7. The Morgan fingerprint density at radius 2 is 1.52 bits per heavy atom. The van der Waals surface area contributed by atoms with E-state index in [2.05, 4.69) is 5.10 Å². The number of hydrogen-bond donors (Lipinski definition) is 1. The molecule has 0 aliphatic rings. The van der Waals surface area contributed by atoms with Gasteiger partial charge in [0, 0.05) is 5.56 Å². The van der Waals surface area contributed by atoms with E-state index in [1.54, 1.807) is 54.6 Å². The Kier molecular flexibility index (Phi) is 3.23. The third-order valence-electron chi connectivity index (χ3n) is 3.28. The Hall–Kier alpha value is -2.95. The van der Waals surface area contributed by atoms with Crippen LogP contribution < -0.4 is 11.1 Å². The van der Waals surface area contributed by atoms with Crippen LogP contribution in [0, 0.1) is 0 Å². The average molecular weight is 280 g/mol. The van der Waals surface area contributed by atoms with E-state index >= 15 is 0 Å². The van der Waals surface area contributed by atoms with Gasteiger partial charge < -0.3 is 0 Å². The van der Waals surface area contributed by atoms with Crippen LogP contribution in [-0.4, -0.2) is 15.6 Å². The zero-order valence-corrected chi connectivity index (χ0v) is 11.1. The number of hydrogen-bond acceptors (Lipinski definition) is 3. The minimum absolute atomic E-state index is 0.192.